The van der Waals surface area contributed by atoms with E-state index >= 15 is 0 Å². The Hall–Kier alpha value is -2.53. The van der Waals surface area contributed by atoms with Crippen LogP contribution >= 0.6 is 15.9 Å². The van der Waals surface area contributed by atoms with Crippen molar-refractivity contribution in [2.45, 2.75) is 4.90 Å². The number of hydrogen-bond acceptors (Lipinski definition) is 7. The predicted molar refractivity (Wildman–Crippen MR) is 81.7 cm³/mol. The molecule has 23 heavy (non-hydrogen) atoms. The number of nitrogens with zero attached hydrogens (tertiary/aromatic N) is 2. The van der Waals surface area contributed by atoms with Crippen molar-refractivity contribution in [2.75, 3.05) is 0 Å². The second-order valence-corrected chi connectivity index (χ2v) is 6.62. The first-order valence-electron chi connectivity index (χ1n) is 5.83. The first kappa shape index (κ1) is 16.8. The van der Waals surface area contributed by atoms with Crippen LogP contribution in [0.2, 0.25) is 0 Å². The van der Waals surface area contributed by atoms with E-state index in [0.29, 0.717) is 10.5 Å². The molecule has 0 aliphatic rings. The zero-order valence-electron chi connectivity index (χ0n) is 11.1. The van der Waals surface area contributed by atoms with Gasteiger partial charge in [-0.1, -0.05) is 15.9 Å². The van der Waals surface area contributed by atoms with Crippen molar-refractivity contribution < 1.29 is 22.4 Å². The van der Waals surface area contributed by atoms with E-state index < -0.39 is 37.1 Å². The van der Waals surface area contributed by atoms with E-state index in [9.17, 15) is 28.6 Å². The molecule has 0 spiro atoms. The molecule has 0 amide bonds. The molecular formula is C12H7BrN2O7S. The summed E-state index contributed by atoms with van der Waals surface area (Å²) in [5, 5.41) is 21.6. The number of benzene rings is 2. The number of non-ortho nitro benzene ring substituents is 1. The van der Waals surface area contributed by atoms with E-state index in [-0.39, 0.29) is 4.90 Å². The molecule has 0 aromatic heterocycles. The van der Waals surface area contributed by atoms with Crippen LogP contribution in [-0.4, -0.2) is 18.3 Å². The maximum absolute atomic E-state index is 12.1. The fourth-order valence-electron chi connectivity index (χ4n) is 1.60. The summed E-state index contributed by atoms with van der Waals surface area (Å²) >= 11 is 3.14. The quantitative estimate of drug-likeness (QED) is 0.426. The highest BCUT2D eigenvalue weighted by atomic mass is 79.9. The van der Waals surface area contributed by atoms with Gasteiger partial charge in [-0.25, -0.2) is 0 Å². The Labute approximate surface area is 138 Å². The largest absolute Gasteiger partial charge is 0.372 e. The number of nitro benzene ring substituents is 2. The van der Waals surface area contributed by atoms with Gasteiger partial charge in [0.25, 0.3) is 5.69 Å². The second-order valence-electron chi connectivity index (χ2n) is 4.16. The van der Waals surface area contributed by atoms with Gasteiger partial charge in [0.15, 0.2) is 0 Å². The molecule has 0 bridgehead atoms. The molecule has 0 unspecified atom stereocenters. The van der Waals surface area contributed by atoms with Crippen LogP contribution in [0.15, 0.2) is 51.8 Å². The SMILES string of the molecule is O=[N+]([O-])c1ccc(OS(=O)(=O)c2ccc(Br)cc2)c([N+](=O)[O-])c1. The van der Waals surface area contributed by atoms with Crippen molar-refractivity contribution in [1.82, 2.24) is 0 Å². The van der Waals surface area contributed by atoms with Gasteiger partial charge in [-0.15, -0.1) is 0 Å². The lowest BCUT2D eigenvalue weighted by Crippen LogP contribution is -2.11. The molecule has 0 aliphatic carbocycles. The number of hydrogen-bond donors (Lipinski definition) is 0. The molecule has 0 heterocycles. The molecule has 0 atom stereocenters. The van der Waals surface area contributed by atoms with Crippen molar-refractivity contribution in [3.8, 4) is 5.75 Å². The highest BCUT2D eigenvalue weighted by Gasteiger charge is 2.26. The molecule has 0 N–H and O–H groups in total. The molecule has 2 aromatic carbocycles. The summed E-state index contributed by atoms with van der Waals surface area (Å²) in [5.74, 6) is -0.608. The third-order valence-electron chi connectivity index (χ3n) is 2.65. The highest BCUT2D eigenvalue weighted by molar-refractivity contribution is 9.10. The van der Waals surface area contributed by atoms with Crippen LogP contribution in [0.25, 0.3) is 0 Å². The second kappa shape index (κ2) is 6.30. The predicted octanol–water partition coefficient (Wildman–Crippen LogP) is 3.03. The summed E-state index contributed by atoms with van der Waals surface area (Å²) in [7, 11) is -4.31. The Morgan fingerprint density at radius 1 is 0.957 bits per heavy atom. The van der Waals surface area contributed by atoms with Crippen LogP contribution in [0.5, 0.6) is 5.75 Å². The van der Waals surface area contributed by atoms with E-state index in [2.05, 4.69) is 15.9 Å². The minimum absolute atomic E-state index is 0.214. The van der Waals surface area contributed by atoms with Crippen molar-refractivity contribution >= 4 is 37.4 Å². The number of nitro groups is 2. The zero-order chi connectivity index (χ0) is 17.2. The van der Waals surface area contributed by atoms with Crippen molar-refractivity contribution in [1.29, 1.82) is 0 Å². The van der Waals surface area contributed by atoms with E-state index in [1.807, 2.05) is 0 Å². The Bertz CT molecular complexity index is 881. The molecule has 0 saturated carbocycles. The van der Waals surface area contributed by atoms with Crippen molar-refractivity contribution in [2.24, 2.45) is 0 Å². The maximum atomic E-state index is 12.1. The average Bonchev–Trinajstić information content (AvgIpc) is 2.47. The lowest BCUT2D eigenvalue weighted by molar-refractivity contribution is -0.394. The molecule has 120 valence electrons. The van der Waals surface area contributed by atoms with Gasteiger partial charge in [0, 0.05) is 10.5 Å². The Morgan fingerprint density at radius 3 is 2.09 bits per heavy atom. The Morgan fingerprint density at radius 2 is 1.57 bits per heavy atom. The molecule has 11 heteroatoms. The summed E-state index contributed by atoms with van der Waals surface area (Å²) in [4.78, 5) is 19.6. The Balaban J connectivity index is 2.44. The average molecular weight is 403 g/mol. The van der Waals surface area contributed by atoms with Gasteiger partial charge in [0.1, 0.15) is 4.90 Å². The Kier molecular flexibility index (Phi) is 4.61. The fourth-order valence-corrected chi connectivity index (χ4v) is 2.81. The van der Waals surface area contributed by atoms with E-state index in [1.165, 1.54) is 24.3 Å². The van der Waals surface area contributed by atoms with Gasteiger partial charge in [0.05, 0.1) is 15.9 Å². The highest BCUT2D eigenvalue weighted by Crippen LogP contribution is 2.33. The fraction of sp³-hybridized carbons (Fsp3) is 0. The van der Waals surface area contributed by atoms with Crippen molar-refractivity contribution in [3.63, 3.8) is 0 Å². The molecule has 0 radical (unpaired) electrons. The van der Waals surface area contributed by atoms with Crippen molar-refractivity contribution in [3.05, 3.63) is 67.2 Å². The first-order chi connectivity index (χ1) is 10.7. The van der Waals surface area contributed by atoms with E-state index in [4.69, 9.17) is 4.18 Å². The third kappa shape index (κ3) is 3.81. The molecule has 0 saturated heterocycles. The topological polar surface area (TPSA) is 130 Å². The zero-order valence-corrected chi connectivity index (χ0v) is 13.5. The lowest BCUT2D eigenvalue weighted by Gasteiger charge is -2.07. The standard InChI is InChI=1S/C12H7BrN2O7S/c13-8-1-4-10(5-2-8)23(20,21)22-12-6-3-9(14(16)17)7-11(12)15(18)19/h1-7H. The number of halogens is 1. The van der Waals surface area contributed by atoms with Crippen LogP contribution < -0.4 is 4.18 Å². The molecular weight excluding hydrogens is 396 g/mol. The molecule has 9 nitrogen and oxygen atoms in total. The monoisotopic (exact) mass is 402 g/mol. The lowest BCUT2D eigenvalue weighted by atomic mass is 10.2. The summed E-state index contributed by atoms with van der Waals surface area (Å²) in [6.45, 7) is 0. The van der Waals surface area contributed by atoms with Gasteiger partial charge in [-0.05, 0) is 30.3 Å². The smallest absolute Gasteiger partial charge is 0.339 e. The summed E-state index contributed by atoms with van der Waals surface area (Å²) < 4.78 is 29.6. The van der Waals surface area contributed by atoms with Gasteiger partial charge in [0.2, 0.25) is 5.75 Å². The van der Waals surface area contributed by atoms with Gasteiger partial charge < -0.3 is 4.18 Å². The van der Waals surface area contributed by atoms with Crippen LogP contribution in [0.4, 0.5) is 11.4 Å². The van der Waals surface area contributed by atoms with Gasteiger partial charge in [-0.3, -0.25) is 20.2 Å². The number of rotatable bonds is 5. The molecule has 2 aromatic rings. The maximum Gasteiger partial charge on any atom is 0.339 e. The third-order valence-corrected chi connectivity index (χ3v) is 4.43. The van der Waals surface area contributed by atoms with Crippen LogP contribution in [0, 0.1) is 20.2 Å². The minimum Gasteiger partial charge on any atom is -0.372 e. The van der Waals surface area contributed by atoms with E-state index in [0.717, 1.165) is 12.1 Å². The van der Waals surface area contributed by atoms with Gasteiger partial charge >= 0.3 is 15.8 Å². The van der Waals surface area contributed by atoms with Gasteiger partial charge in [-0.2, -0.15) is 8.42 Å². The summed E-state index contributed by atoms with van der Waals surface area (Å²) in [6, 6.07) is 7.83. The molecule has 2 rings (SSSR count). The van der Waals surface area contributed by atoms with Crippen LogP contribution in [0.1, 0.15) is 0 Å². The normalized spacial score (nSPS) is 11.0. The minimum atomic E-state index is -4.31. The molecule has 0 aliphatic heterocycles. The first-order valence-corrected chi connectivity index (χ1v) is 8.04. The van der Waals surface area contributed by atoms with Crippen LogP contribution in [0.3, 0.4) is 0 Å². The van der Waals surface area contributed by atoms with E-state index in [1.54, 1.807) is 0 Å². The van der Waals surface area contributed by atoms with Crippen LogP contribution in [-0.2, 0) is 10.1 Å². The molecule has 0 fully saturated rings. The summed E-state index contributed by atoms with van der Waals surface area (Å²) in [5.41, 5.74) is -1.37. The summed E-state index contributed by atoms with van der Waals surface area (Å²) in [6.07, 6.45) is 0.